The van der Waals surface area contributed by atoms with E-state index < -0.39 is 23.0 Å². The minimum absolute atomic E-state index is 0.0319. The van der Waals surface area contributed by atoms with Gasteiger partial charge >= 0.3 is 5.97 Å². The molecule has 0 spiro atoms. The van der Waals surface area contributed by atoms with Gasteiger partial charge in [0.05, 0.1) is 17.9 Å². The molecule has 3 aromatic carbocycles. The Bertz CT molecular complexity index is 1860. The molecule has 3 N–H and O–H groups in total. The van der Waals surface area contributed by atoms with Crippen molar-refractivity contribution in [2.75, 3.05) is 17.7 Å². The predicted octanol–water partition coefficient (Wildman–Crippen LogP) is 8.23. The Morgan fingerprint density at radius 3 is 2.52 bits per heavy atom. The highest BCUT2D eigenvalue weighted by atomic mass is 35.5. The van der Waals surface area contributed by atoms with Crippen molar-refractivity contribution in [2.24, 2.45) is 5.92 Å². The van der Waals surface area contributed by atoms with Crippen molar-refractivity contribution in [3.8, 4) is 0 Å². The van der Waals surface area contributed by atoms with Gasteiger partial charge in [-0.25, -0.2) is 4.79 Å². The molecule has 1 heterocycles. The summed E-state index contributed by atoms with van der Waals surface area (Å²) in [6, 6.07) is 22.7. The minimum Gasteiger partial charge on any atom is -0.465 e. The number of ether oxygens (including phenoxy) is 1. The van der Waals surface area contributed by atoms with Crippen LogP contribution in [-0.4, -0.2) is 36.1 Å². The summed E-state index contributed by atoms with van der Waals surface area (Å²) in [4.78, 5) is 54.7. The number of rotatable bonds is 11. The van der Waals surface area contributed by atoms with Gasteiger partial charge in [0.2, 0.25) is 5.91 Å². The number of hydrogen-bond donors (Lipinski definition) is 3. The largest absolute Gasteiger partial charge is 0.465 e. The van der Waals surface area contributed by atoms with Crippen molar-refractivity contribution in [2.45, 2.75) is 49.7 Å². The number of carbonyl (C=O) groups is 4. The van der Waals surface area contributed by atoms with Gasteiger partial charge in [-0.1, -0.05) is 61.8 Å². The van der Waals surface area contributed by atoms with E-state index in [4.69, 9.17) is 16.3 Å². The molecule has 2 atom stereocenters. The monoisotopic (exact) mass is 701 g/mol. The average molecular weight is 702 g/mol. The number of thioether (sulfide) groups is 1. The van der Waals surface area contributed by atoms with Gasteiger partial charge in [-0.3, -0.25) is 14.4 Å². The second-order valence-electron chi connectivity index (χ2n) is 11.5. The fourth-order valence-corrected chi connectivity index (χ4v) is 8.00. The van der Waals surface area contributed by atoms with E-state index in [9.17, 15) is 19.2 Å². The first-order valence-electron chi connectivity index (χ1n) is 15.6. The summed E-state index contributed by atoms with van der Waals surface area (Å²) in [7, 11) is 1.35. The highest BCUT2D eigenvalue weighted by Gasteiger charge is 2.30. The topological polar surface area (TPSA) is 114 Å². The lowest BCUT2D eigenvalue weighted by Crippen LogP contribution is -2.30. The van der Waals surface area contributed by atoms with Crippen molar-refractivity contribution < 1.29 is 23.9 Å². The van der Waals surface area contributed by atoms with E-state index in [2.05, 4.69) is 22.9 Å². The molecule has 4 aromatic rings. The molecule has 2 unspecified atom stereocenters. The standard InChI is InChI=1S/C37H36ClN3O5S2/c1-4-30(35(44)41-36-32(37(45)46-3)28-17-16-22(2)18-31(28)48-36)47-27-15-9-14-26(21-27)39-34(43)29(20-23-10-8-13-25(38)19-23)40-33(42)24-11-6-5-7-12-24/h5-15,19-22,30H,4,16-18H2,1-3H3,(H,39,43)(H,40,42)(H,41,44)/b29-20-. The van der Waals surface area contributed by atoms with Gasteiger partial charge in [0.25, 0.3) is 11.8 Å². The molecule has 5 rings (SSSR count). The van der Waals surface area contributed by atoms with Gasteiger partial charge < -0.3 is 20.7 Å². The van der Waals surface area contributed by atoms with Gasteiger partial charge in [-0.15, -0.1) is 23.1 Å². The fourth-order valence-electron chi connectivity index (χ4n) is 5.39. The highest BCUT2D eigenvalue weighted by molar-refractivity contribution is 8.00. The van der Waals surface area contributed by atoms with Crippen molar-refractivity contribution >= 4 is 75.2 Å². The molecule has 3 amide bonds. The van der Waals surface area contributed by atoms with Gasteiger partial charge in [-0.2, -0.15) is 0 Å². The quantitative estimate of drug-likeness (QED) is 0.0825. The fraction of sp³-hybridized carbons (Fsp3) is 0.243. The summed E-state index contributed by atoms with van der Waals surface area (Å²) in [5.41, 5.74) is 3.00. The van der Waals surface area contributed by atoms with E-state index >= 15 is 0 Å². The zero-order valence-corrected chi connectivity index (χ0v) is 29.2. The van der Waals surface area contributed by atoms with Crippen molar-refractivity contribution in [1.82, 2.24) is 5.32 Å². The summed E-state index contributed by atoms with van der Waals surface area (Å²) in [6.45, 7) is 4.11. The number of anilines is 2. The van der Waals surface area contributed by atoms with Crippen LogP contribution in [0.2, 0.25) is 5.02 Å². The molecule has 8 nitrogen and oxygen atoms in total. The van der Waals surface area contributed by atoms with Crippen LogP contribution in [0.4, 0.5) is 10.7 Å². The van der Waals surface area contributed by atoms with E-state index in [0.717, 1.165) is 34.6 Å². The first-order chi connectivity index (χ1) is 23.1. The zero-order chi connectivity index (χ0) is 34.2. The van der Waals surface area contributed by atoms with Crippen LogP contribution in [0.25, 0.3) is 6.08 Å². The molecule has 48 heavy (non-hydrogen) atoms. The summed E-state index contributed by atoms with van der Waals surface area (Å²) in [6.07, 6.45) is 4.73. The number of hydrogen-bond acceptors (Lipinski definition) is 7. The molecule has 0 fully saturated rings. The number of benzene rings is 3. The maximum absolute atomic E-state index is 13.6. The Balaban J connectivity index is 1.32. The summed E-state index contributed by atoms with van der Waals surface area (Å²) in [5, 5.41) is 9.18. The number of methoxy groups -OCH3 is 1. The van der Waals surface area contributed by atoms with E-state index in [-0.39, 0.29) is 11.6 Å². The molecule has 0 saturated carbocycles. The Hall–Kier alpha value is -4.38. The van der Waals surface area contributed by atoms with Crippen LogP contribution in [0.3, 0.4) is 0 Å². The third kappa shape index (κ3) is 8.74. The molecular formula is C37H36ClN3O5S2. The Labute approximate surface area is 293 Å². The lowest BCUT2D eigenvalue weighted by atomic mass is 9.88. The van der Waals surface area contributed by atoms with Crippen LogP contribution >= 0.6 is 34.7 Å². The van der Waals surface area contributed by atoms with Gasteiger partial charge in [0, 0.05) is 26.0 Å². The second-order valence-corrected chi connectivity index (χ2v) is 14.3. The normalized spacial score (nSPS) is 14.8. The Morgan fingerprint density at radius 1 is 1.02 bits per heavy atom. The zero-order valence-electron chi connectivity index (χ0n) is 26.8. The lowest BCUT2D eigenvalue weighted by Gasteiger charge is -2.18. The number of amides is 3. The molecule has 0 radical (unpaired) electrons. The van der Waals surface area contributed by atoms with Crippen molar-refractivity contribution in [3.05, 3.63) is 117 Å². The number of esters is 1. The number of halogens is 1. The average Bonchev–Trinajstić information content (AvgIpc) is 3.43. The summed E-state index contributed by atoms with van der Waals surface area (Å²) in [5.74, 6) is -1.11. The van der Waals surface area contributed by atoms with Crippen LogP contribution in [0.15, 0.2) is 89.5 Å². The first-order valence-corrected chi connectivity index (χ1v) is 17.7. The summed E-state index contributed by atoms with van der Waals surface area (Å²) >= 11 is 8.98. The third-order valence-electron chi connectivity index (χ3n) is 7.86. The highest BCUT2D eigenvalue weighted by Crippen LogP contribution is 2.40. The third-order valence-corrected chi connectivity index (χ3v) is 10.6. The maximum Gasteiger partial charge on any atom is 0.341 e. The molecule has 248 valence electrons. The van der Waals surface area contributed by atoms with Crippen LogP contribution in [0.1, 0.15) is 63.4 Å². The molecule has 0 saturated heterocycles. The second kappa shape index (κ2) is 16.1. The van der Waals surface area contributed by atoms with E-state index in [1.807, 2.05) is 13.0 Å². The molecule has 1 aromatic heterocycles. The Kier molecular flexibility index (Phi) is 11.8. The molecule has 1 aliphatic rings. The van der Waals surface area contributed by atoms with E-state index in [0.29, 0.717) is 44.7 Å². The van der Waals surface area contributed by atoms with Gasteiger partial charge in [-0.05, 0) is 91.3 Å². The number of fused-ring (bicyclic) bond motifs is 1. The number of nitrogens with one attached hydrogen (secondary N) is 3. The maximum atomic E-state index is 13.6. The van der Waals surface area contributed by atoms with E-state index in [1.54, 1.807) is 78.9 Å². The predicted molar refractivity (Wildman–Crippen MR) is 194 cm³/mol. The smallest absolute Gasteiger partial charge is 0.341 e. The van der Waals surface area contributed by atoms with Crippen LogP contribution in [-0.2, 0) is 27.2 Å². The number of carbonyl (C=O) groups excluding carboxylic acids is 4. The van der Waals surface area contributed by atoms with Crippen molar-refractivity contribution in [1.29, 1.82) is 0 Å². The number of thiophene rings is 1. The van der Waals surface area contributed by atoms with Crippen molar-refractivity contribution in [3.63, 3.8) is 0 Å². The van der Waals surface area contributed by atoms with E-state index in [1.165, 1.54) is 30.2 Å². The van der Waals surface area contributed by atoms with Gasteiger partial charge in [0.15, 0.2) is 0 Å². The molecule has 0 aliphatic heterocycles. The molecular weight excluding hydrogens is 666 g/mol. The SMILES string of the molecule is CCC(Sc1cccc(NC(=O)/C(=C/c2cccc(Cl)c2)NC(=O)c2ccccc2)c1)C(=O)Nc1sc2c(c1C(=O)OC)CCC(C)C2. The van der Waals surface area contributed by atoms with Gasteiger partial charge in [0.1, 0.15) is 10.7 Å². The van der Waals surface area contributed by atoms with Crippen LogP contribution < -0.4 is 16.0 Å². The van der Waals surface area contributed by atoms with Crippen LogP contribution in [0.5, 0.6) is 0 Å². The minimum atomic E-state index is -0.530. The summed E-state index contributed by atoms with van der Waals surface area (Å²) < 4.78 is 5.08. The Morgan fingerprint density at radius 2 is 1.79 bits per heavy atom. The lowest BCUT2D eigenvalue weighted by molar-refractivity contribution is -0.116. The molecule has 0 bridgehead atoms. The van der Waals surface area contributed by atoms with Crippen LogP contribution in [0, 0.1) is 5.92 Å². The first kappa shape index (κ1) is 34.9. The molecule has 11 heteroatoms. The molecule has 1 aliphatic carbocycles.